The third kappa shape index (κ3) is 2.23. The zero-order chi connectivity index (χ0) is 10.7. The smallest absolute Gasteiger partial charge is 0.147 e. The second kappa shape index (κ2) is 4.53. The predicted octanol–water partition coefficient (Wildman–Crippen LogP) is 2.35. The molecule has 0 radical (unpaired) electrons. The van der Waals surface area contributed by atoms with Crippen molar-refractivity contribution in [3.05, 3.63) is 23.8 Å². The Morgan fingerprint density at radius 2 is 2.20 bits per heavy atom. The summed E-state index contributed by atoms with van der Waals surface area (Å²) in [5.41, 5.74) is 7.51. The molecule has 0 aromatic heterocycles. The first-order valence-electron chi connectivity index (χ1n) is 5.34. The van der Waals surface area contributed by atoms with Crippen molar-refractivity contribution in [2.45, 2.75) is 32.0 Å². The van der Waals surface area contributed by atoms with Crippen LogP contribution in [0, 0.1) is 0 Å². The normalized spacial score (nSPS) is 16.1. The summed E-state index contributed by atoms with van der Waals surface area (Å²) in [6.07, 6.45) is 4.10. The van der Waals surface area contributed by atoms with E-state index in [1.165, 1.54) is 19.3 Å². The van der Waals surface area contributed by atoms with Gasteiger partial charge in [-0.25, -0.2) is 0 Å². The molecule has 0 unspecified atom stereocenters. The zero-order valence-corrected chi connectivity index (χ0v) is 9.03. The van der Waals surface area contributed by atoms with E-state index in [2.05, 4.69) is 0 Å². The number of nitrogens with two attached hydrogens (primary N) is 1. The van der Waals surface area contributed by atoms with Gasteiger partial charge in [-0.1, -0.05) is 12.1 Å². The first-order valence-corrected chi connectivity index (χ1v) is 5.34. The molecule has 1 aromatic rings. The van der Waals surface area contributed by atoms with E-state index in [-0.39, 0.29) is 0 Å². The fraction of sp³-hybridized carbons (Fsp3) is 0.500. The standard InChI is InChI=1S/C12H17NO2/c1-14-12-9(4-2-7-11(12)13)8-15-10-5-3-6-10/h2,4,7,10H,3,5-6,8,13H2,1H3. The van der Waals surface area contributed by atoms with Gasteiger partial charge in [0.2, 0.25) is 0 Å². The van der Waals surface area contributed by atoms with Crippen LogP contribution in [-0.4, -0.2) is 13.2 Å². The number of anilines is 1. The van der Waals surface area contributed by atoms with Gasteiger partial charge >= 0.3 is 0 Å². The molecule has 15 heavy (non-hydrogen) atoms. The quantitative estimate of drug-likeness (QED) is 0.771. The lowest BCUT2D eigenvalue weighted by Gasteiger charge is -2.25. The maximum atomic E-state index is 5.80. The minimum Gasteiger partial charge on any atom is -0.494 e. The van der Waals surface area contributed by atoms with Crippen molar-refractivity contribution in [3.63, 3.8) is 0 Å². The van der Waals surface area contributed by atoms with Crippen molar-refractivity contribution in [2.24, 2.45) is 0 Å². The van der Waals surface area contributed by atoms with Gasteiger partial charge in [0.25, 0.3) is 0 Å². The van der Waals surface area contributed by atoms with E-state index >= 15 is 0 Å². The third-order valence-electron chi connectivity index (χ3n) is 2.86. The molecule has 2 N–H and O–H groups in total. The van der Waals surface area contributed by atoms with Crippen LogP contribution in [0.3, 0.4) is 0 Å². The second-order valence-electron chi connectivity index (χ2n) is 3.90. The highest BCUT2D eigenvalue weighted by Crippen LogP contribution is 2.29. The van der Waals surface area contributed by atoms with E-state index in [1.807, 2.05) is 18.2 Å². The molecule has 2 rings (SSSR count). The molecule has 1 saturated carbocycles. The molecule has 0 heterocycles. The van der Waals surface area contributed by atoms with Crippen molar-refractivity contribution < 1.29 is 9.47 Å². The maximum absolute atomic E-state index is 5.80. The molecule has 0 saturated heterocycles. The van der Waals surface area contributed by atoms with Crippen molar-refractivity contribution in [3.8, 4) is 5.75 Å². The van der Waals surface area contributed by atoms with Gasteiger partial charge in [-0.2, -0.15) is 0 Å². The molecule has 0 amide bonds. The van der Waals surface area contributed by atoms with Crippen molar-refractivity contribution in [1.29, 1.82) is 0 Å². The van der Waals surface area contributed by atoms with Crippen LogP contribution in [0.4, 0.5) is 5.69 Å². The molecule has 3 heteroatoms. The molecular weight excluding hydrogens is 190 g/mol. The Hall–Kier alpha value is -1.22. The van der Waals surface area contributed by atoms with Crippen molar-refractivity contribution in [1.82, 2.24) is 0 Å². The van der Waals surface area contributed by atoms with E-state index in [0.29, 0.717) is 18.4 Å². The minimum atomic E-state index is 0.441. The highest BCUT2D eigenvalue weighted by atomic mass is 16.5. The Bertz CT molecular complexity index is 334. The molecular formula is C12H17NO2. The Labute approximate surface area is 90.2 Å². The lowest BCUT2D eigenvalue weighted by Crippen LogP contribution is -2.21. The topological polar surface area (TPSA) is 44.5 Å². The number of hydrogen-bond donors (Lipinski definition) is 1. The Balaban J connectivity index is 2.02. The number of nitrogen functional groups attached to an aromatic ring is 1. The van der Waals surface area contributed by atoms with E-state index < -0.39 is 0 Å². The molecule has 0 atom stereocenters. The number of methoxy groups -OCH3 is 1. The molecule has 1 aliphatic carbocycles. The highest BCUT2D eigenvalue weighted by molar-refractivity contribution is 5.56. The second-order valence-corrected chi connectivity index (χ2v) is 3.90. The number of ether oxygens (including phenoxy) is 2. The summed E-state index contributed by atoms with van der Waals surface area (Å²) in [6, 6.07) is 5.76. The monoisotopic (exact) mass is 207 g/mol. The van der Waals surface area contributed by atoms with Gasteiger partial charge in [0.15, 0.2) is 0 Å². The van der Waals surface area contributed by atoms with Crippen LogP contribution >= 0.6 is 0 Å². The van der Waals surface area contributed by atoms with Crippen molar-refractivity contribution in [2.75, 3.05) is 12.8 Å². The molecule has 0 bridgehead atoms. The van der Waals surface area contributed by atoms with Gasteiger partial charge in [-0.3, -0.25) is 0 Å². The summed E-state index contributed by atoms with van der Waals surface area (Å²) < 4.78 is 11.0. The van der Waals surface area contributed by atoms with Crippen LogP contribution in [0.1, 0.15) is 24.8 Å². The van der Waals surface area contributed by atoms with Crippen LogP contribution in [0.25, 0.3) is 0 Å². The van der Waals surface area contributed by atoms with Gasteiger partial charge in [0.05, 0.1) is 25.5 Å². The van der Waals surface area contributed by atoms with Crippen LogP contribution < -0.4 is 10.5 Å². The van der Waals surface area contributed by atoms with Crippen LogP contribution in [0.15, 0.2) is 18.2 Å². The van der Waals surface area contributed by atoms with Gasteiger partial charge in [-0.05, 0) is 25.3 Å². The van der Waals surface area contributed by atoms with Crippen LogP contribution in [0.5, 0.6) is 5.75 Å². The number of benzene rings is 1. The maximum Gasteiger partial charge on any atom is 0.147 e. The average molecular weight is 207 g/mol. The average Bonchev–Trinajstić information content (AvgIpc) is 2.15. The van der Waals surface area contributed by atoms with Crippen molar-refractivity contribution >= 4 is 5.69 Å². The number of rotatable bonds is 4. The minimum absolute atomic E-state index is 0.441. The summed E-state index contributed by atoms with van der Waals surface area (Å²) in [5, 5.41) is 0. The van der Waals surface area contributed by atoms with E-state index in [9.17, 15) is 0 Å². The molecule has 1 fully saturated rings. The number of hydrogen-bond acceptors (Lipinski definition) is 3. The zero-order valence-electron chi connectivity index (χ0n) is 9.03. The summed E-state index contributed by atoms with van der Waals surface area (Å²) in [7, 11) is 1.64. The van der Waals surface area contributed by atoms with E-state index in [0.717, 1.165) is 11.3 Å². The van der Waals surface area contributed by atoms with E-state index in [4.69, 9.17) is 15.2 Å². The fourth-order valence-corrected chi connectivity index (χ4v) is 1.71. The van der Waals surface area contributed by atoms with Gasteiger partial charge in [0, 0.05) is 5.56 Å². The molecule has 3 nitrogen and oxygen atoms in total. The molecule has 0 spiro atoms. The van der Waals surface area contributed by atoms with Crippen LogP contribution in [0.2, 0.25) is 0 Å². The molecule has 82 valence electrons. The lowest BCUT2D eigenvalue weighted by atomic mass is 9.96. The van der Waals surface area contributed by atoms with Gasteiger partial charge in [0.1, 0.15) is 5.75 Å². The Kier molecular flexibility index (Phi) is 3.11. The Morgan fingerprint density at radius 1 is 1.40 bits per heavy atom. The highest BCUT2D eigenvalue weighted by Gasteiger charge is 2.18. The van der Waals surface area contributed by atoms with E-state index in [1.54, 1.807) is 7.11 Å². The summed E-state index contributed by atoms with van der Waals surface area (Å²) in [5.74, 6) is 0.747. The lowest BCUT2D eigenvalue weighted by molar-refractivity contribution is -0.00930. The van der Waals surface area contributed by atoms with Gasteiger partial charge in [-0.15, -0.1) is 0 Å². The first kappa shape index (κ1) is 10.3. The summed E-state index contributed by atoms with van der Waals surface area (Å²) >= 11 is 0. The molecule has 1 aliphatic rings. The fourth-order valence-electron chi connectivity index (χ4n) is 1.71. The Morgan fingerprint density at radius 3 is 2.80 bits per heavy atom. The summed E-state index contributed by atoms with van der Waals surface area (Å²) in [4.78, 5) is 0. The largest absolute Gasteiger partial charge is 0.494 e. The molecule has 0 aliphatic heterocycles. The first-order chi connectivity index (χ1) is 7.31. The summed E-state index contributed by atoms with van der Waals surface area (Å²) in [6.45, 7) is 0.596. The third-order valence-corrected chi connectivity index (χ3v) is 2.86. The SMILES string of the molecule is COc1c(N)cccc1COC1CCC1. The number of para-hydroxylation sites is 1. The predicted molar refractivity (Wildman–Crippen MR) is 59.8 cm³/mol. The van der Waals surface area contributed by atoms with Gasteiger partial charge < -0.3 is 15.2 Å². The van der Waals surface area contributed by atoms with Crippen LogP contribution in [-0.2, 0) is 11.3 Å². The molecule has 1 aromatic carbocycles.